The van der Waals surface area contributed by atoms with Crippen molar-refractivity contribution in [2.75, 3.05) is 13.1 Å². The average Bonchev–Trinajstić information content (AvgIpc) is 2.74. The maximum Gasteiger partial charge on any atom is 0.222 e. The molecule has 0 saturated carbocycles. The van der Waals surface area contributed by atoms with Gasteiger partial charge in [0.25, 0.3) is 0 Å². The van der Waals surface area contributed by atoms with Crippen LogP contribution in [0.5, 0.6) is 0 Å². The van der Waals surface area contributed by atoms with Crippen LogP contribution >= 0.6 is 0 Å². The van der Waals surface area contributed by atoms with Crippen LogP contribution in [0.15, 0.2) is 23.0 Å². The molecule has 1 fully saturated rings. The van der Waals surface area contributed by atoms with Crippen molar-refractivity contribution in [2.24, 2.45) is 11.7 Å². The van der Waals surface area contributed by atoms with Gasteiger partial charge in [-0.25, -0.2) is 0 Å². The topological polar surface area (TPSA) is 68.3 Å². The number of furan rings is 1. The lowest BCUT2D eigenvalue weighted by atomic mass is 9.90. The van der Waals surface area contributed by atoms with Gasteiger partial charge >= 0.3 is 0 Å². The summed E-state index contributed by atoms with van der Waals surface area (Å²) in [4.78, 5) is 11.1. The van der Waals surface area contributed by atoms with Crippen molar-refractivity contribution in [2.45, 2.75) is 5.92 Å². The van der Waals surface area contributed by atoms with Gasteiger partial charge in [0.1, 0.15) is 0 Å². The number of nitrogens with two attached hydrogens (primary N) is 1. The lowest BCUT2D eigenvalue weighted by Gasteiger charge is -2.12. The Labute approximate surface area is 76.1 Å². The number of rotatable bonds is 2. The third-order valence-electron chi connectivity index (χ3n) is 2.55. The minimum Gasteiger partial charge on any atom is -0.472 e. The van der Waals surface area contributed by atoms with Gasteiger partial charge in [0.05, 0.1) is 18.4 Å². The molecule has 1 aliphatic heterocycles. The maximum atomic E-state index is 11.1. The summed E-state index contributed by atoms with van der Waals surface area (Å²) in [6.45, 7) is 1.47. The fraction of sp³-hybridized carbons (Fsp3) is 0.444. The van der Waals surface area contributed by atoms with Crippen molar-refractivity contribution in [3.05, 3.63) is 24.2 Å². The summed E-state index contributed by atoms with van der Waals surface area (Å²) < 4.78 is 4.98. The van der Waals surface area contributed by atoms with Gasteiger partial charge in [-0.1, -0.05) is 0 Å². The quantitative estimate of drug-likeness (QED) is 0.676. The van der Waals surface area contributed by atoms with E-state index in [-0.39, 0.29) is 17.7 Å². The Bertz CT molecular complexity index is 295. The van der Waals surface area contributed by atoms with Crippen molar-refractivity contribution in [1.82, 2.24) is 5.32 Å². The molecule has 0 radical (unpaired) electrons. The second kappa shape index (κ2) is 3.22. The van der Waals surface area contributed by atoms with E-state index in [4.69, 9.17) is 10.2 Å². The Morgan fingerprint density at radius 1 is 1.62 bits per heavy atom. The van der Waals surface area contributed by atoms with Crippen LogP contribution in [0.1, 0.15) is 11.5 Å². The summed E-state index contributed by atoms with van der Waals surface area (Å²) >= 11 is 0. The number of hydrogen-bond donors (Lipinski definition) is 2. The van der Waals surface area contributed by atoms with Crippen LogP contribution in [0.2, 0.25) is 0 Å². The van der Waals surface area contributed by atoms with E-state index in [1.807, 2.05) is 6.07 Å². The molecular formula is C9H12N2O2. The smallest absolute Gasteiger partial charge is 0.222 e. The molecule has 70 valence electrons. The highest BCUT2D eigenvalue weighted by Crippen LogP contribution is 2.27. The molecule has 4 nitrogen and oxygen atoms in total. The summed E-state index contributed by atoms with van der Waals surface area (Å²) in [6.07, 6.45) is 3.29. The van der Waals surface area contributed by atoms with Crippen LogP contribution in [0.25, 0.3) is 0 Å². The number of carbonyl (C=O) groups excluding carboxylic acids is 1. The average molecular weight is 180 g/mol. The lowest BCUT2D eigenvalue weighted by Crippen LogP contribution is -2.28. The summed E-state index contributed by atoms with van der Waals surface area (Å²) in [5.74, 6) is -0.162. The number of primary amides is 1. The van der Waals surface area contributed by atoms with Crippen LogP contribution < -0.4 is 11.1 Å². The number of carbonyl (C=O) groups is 1. The third-order valence-corrected chi connectivity index (χ3v) is 2.55. The lowest BCUT2D eigenvalue weighted by molar-refractivity contribution is -0.121. The zero-order chi connectivity index (χ0) is 9.26. The van der Waals surface area contributed by atoms with E-state index < -0.39 is 0 Å². The van der Waals surface area contributed by atoms with Gasteiger partial charge < -0.3 is 15.5 Å². The first-order valence-corrected chi connectivity index (χ1v) is 4.31. The predicted octanol–water partition coefficient (Wildman–Crippen LogP) is 0.0679. The van der Waals surface area contributed by atoms with E-state index in [1.165, 1.54) is 0 Å². The second-order valence-corrected chi connectivity index (χ2v) is 3.33. The van der Waals surface area contributed by atoms with E-state index in [9.17, 15) is 4.79 Å². The minimum absolute atomic E-state index is 0.0994. The molecule has 1 amide bonds. The Hall–Kier alpha value is -1.29. The van der Waals surface area contributed by atoms with Gasteiger partial charge in [-0.2, -0.15) is 0 Å². The van der Waals surface area contributed by atoms with E-state index in [1.54, 1.807) is 12.5 Å². The Kier molecular flexibility index (Phi) is 2.06. The van der Waals surface area contributed by atoms with Gasteiger partial charge in [-0.3, -0.25) is 4.79 Å². The molecule has 1 aromatic heterocycles. The van der Waals surface area contributed by atoms with Crippen molar-refractivity contribution in [1.29, 1.82) is 0 Å². The zero-order valence-electron chi connectivity index (χ0n) is 7.19. The molecule has 1 aromatic rings. The van der Waals surface area contributed by atoms with Gasteiger partial charge in [0.15, 0.2) is 0 Å². The molecule has 0 aromatic carbocycles. The van der Waals surface area contributed by atoms with Crippen LogP contribution in [0.3, 0.4) is 0 Å². The summed E-state index contributed by atoms with van der Waals surface area (Å²) in [5, 5.41) is 3.15. The molecule has 13 heavy (non-hydrogen) atoms. The molecular weight excluding hydrogens is 168 g/mol. The molecule has 2 atom stereocenters. The summed E-state index contributed by atoms with van der Waals surface area (Å²) in [7, 11) is 0. The number of nitrogens with one attached hydrogen (secondary N) is 1. The molecule has 0 aliphatic carbocycles. The largest absolute Gasteiger partial charge is 0.472 e. The van der Waals surface area contributed by atoms with Crippen LogP contribution in [-0.4, -0.2) is 19.0 Å². The first-order valence-electron chi connectivity index (χ1n) is 4.31. The normalized spacial score (nSPS) is 27.7. The maximum absolute atomic E-state index is 11.1. The Morgan fingerprint density at radius 3 is 3.08 bits per heavy atom. The zero-order valence-corrected chi connectivity index (χ0v) is 7.19. The summed E-state index contributed by atoms with van der Waals surface area (Å²) in [6, 6.07) is 1.88. The SMILES string of the molecule is NC(=O)C1CNCC1c1ccoc1. The fourth-order valence-corrected chi connectivity index (χ4v) is 1.81. The first kappa shape index (κ1) is 8.31. The molecule has 1 saturated heterocycles. The summed E-state index contributed by atoms with van der Waals surface area (Å²) in [5.41, 5.74) is 6.33. The molecule has 3 N–H and O–H groups in total. The number of amides is 1. The van der Waals surface area contributed by atoms with Crippen LogP contribution in [0, 0.1) is 5.92 Å². The molecule has 2 rings (SSSR count). The third kappa shape index (κ3) is 1.45. The standard InChI is InChI=1S/C9H12N2O2/c10-9(12)8-4-11-3-7(8)6-1-2-13-5-6/h1-2,5,7-8,11H,3-4H2,(H2,10,12). The van der Waals surface area contributed by atoms with E-state index in [0.717, 1.165) is 12.1 Å². The highest BCUT2D eigenvalue weighted by atomic mass is 16.3. The van der Waals surface area contributed by atoms with Crippen LogP contribution in [-0.2, 0) is 4.79 Å². The second-order valence-electron chi connectivity index (χ2n) is 3.33. The monoisotopic (exact) mass is 180 g/mol. The fourth-order valence-electron chi connectivity index (χ4n) is 1.81. The van der Waals surface area contributed by atoms with Crippen molar-refractivity contribution in [3.63, 3.8) is 0 Å². The minimum atomic E-state index is -0.240. The van der Waals surface area contributed by atoms with Crippen molar-refractivity contribution < 1.29 is 9.21 Å². The van der Waals surface area contributed by atoms with Crippen molar-refractivity contribution in [3.8, 4) is 0 Å². The first-order chi connectivity index (χ1) is 6.29. The van der Waals surface area contributed by atoms with Gasteiger partial charge in [0.2, 0.25) is 5.91 Å². The Balaban J connectivity index is 2.19. The van der Waals surface area contributed by atoms with E-state index >= 15 is 0 Å². The molecule has 2 heterocycles. The molecule has 0 spiro atoms. The number of hydrogen-bond acceptors (Lipinski definition) is 3. The van der Waals surface area contributed by atoms with Crippen LogP contribution in [0.4, 0.5) is 0 Å². The van der Waals surface area contributed by atoms with Crippen molar-refractivity contribution >= 4 is 5.91 Å². The Morgan fingerprint density at radius 2 is 2.46 bits per heavy atom. The van der Waals surface area contributed by atoms with Gasteiger partial charge in [-0.05, 0) is 11.6 Å². The molecule has 0 bridgehead atoms. The molecule has 4 heteroatoms. The van der Waals surface area contributed by atoms with E-state index in [0.29, 0.717) is 6.54 Å². The highest BCUT2D eigenvalue weighted by molar-refractivity contribution is 5.78. The molecule has 2 unspecified atom stereocenters. The predicted molar refractivity (Wildman–Crippen MR) is 47.0 cm³/mol. The van der Waals surface area contributed by atoms with Gasteiger partial charge in [-0.15, -0.1) is 0 Å². The molecule has 1 aliphatic rings. The van der Waals surface area contributed by atoms with E-state index in [2.05, 4.69) is 5.32 Å². The van der Waals surface area contributed by atoms with Gasteiger partial charge in [0, 0.05) is 19.0 Å². The highest BCUT2D eigenvalue weighted by Gasteiger charge is 2.32.